The molecule has 0 aliphatic carbocycles. The number of likely N-dealkylation sites (N-methyl/N-ethyl adjacent to an activating group) is 1. The Kier molecular flexibility index (Phi) is 9.71. The maximum Gasteiger partial charge on any atom is 0.320 e. The van der Waals surface area contributed by atoms with E-state index in [-0.39, 0.29) is 26.3 Å². The van der Waals surface area contributed by atoms with Crippen LogP contribution in [0.4, 0.5) is 0 Å². The molecule has 0 aromatic rings. The maximum absolute atomic E-state index is 11.5. The van der Waals surface area contributed by atoms with Gasteiger partial charge >= 0.3 is 11.9 Å². The summed E-state index contributed by atoms with van der Waals surface area (Å²) in [7, 11) is 1.64. The van der Waals surface area contributed by atoms with Gasteiger partial charge in [0.1, 0.15) is 13.2 Å². The largest absolute Gasteiger partial charge is 0.462 e. The quantitative estimate of drug-likeness (QED) is 0.531. The molecule has 21 heavy (non-hydrogen) atoms. The summed E-state index contributed by atoms with van der Waals surface area (Å²) in [5.41, 5.74) is 0. The van der Waals surface area contributed by atoms with Crippen molar-refractivity contribution >= 4 is 11.9 Å². The first-order chi connectivity index (χ1) is 10.2. The molecule has 0 radical (unpaired) electrons. The van der Waals surface area contributed by atoms with Crippen molar-refractivity contribution in [1.82, 2.24) is 4.90 Å². The molecule has 8 heteroatoms. The second kappa shape index (κ2) is 11.4. The highest BCUT2D eigenvalue weighted by Gasteiger charge is 2.12. The van der Waals surface area contributed by atoms with Crippen molar-refractivity contribution in [3.05, 3.63) is 0 Å². The third-order valence-corrected chi connectivity index (χ3v) is 2.52. The molecule has 0 atom stereocenters. The smallest absolute Gasteiger partial charge is 0.320 e. The molecule has 0 bridgehead atoms. The zero-order chi connectivity index (χ0) is 15.3. The molecular formula is C13H23NO7. The number of carbonyl (C=O) groups excluding carboxylic acids is 2. The lowest BCUT2D eigenvalue weighted by Gasteiger charge is -2.15. The summed E-state index contributed by atoms with van der Waals surface area (Å²) in [4.78, 5) is 24.5. The molecule has 0 aromatic carbocycles. The minimum Gasteiger partial charge on any atom is -0.462 e. The number of cyclic esters (lactones) is 2. The second-order valence-electron chi connectivity index (χ2n) is 4.45. The van der Waals surface area contributed by atoms with E-state index in [2.05, 4.69) is 0 Å². The van der Waals surface area contributed by atoms with Crippen molar-refractivity contribution in [2.75, 3.05) is 73.0 Å². The predicted molar refractivity (Wildman–Crippen MR) is 71.9 cm³/mol. The summed E-state index contributed by atoms with van der Waals surface area (Å²) in [5, 5.41) is 0. The average Bonchev–Trinajstić information content (AvgIpc) is 2.42. The van der Waals surface area contributed by atoms with Gasteiger partial charge in [0.15, 0.2) is 0 Å². The lowest BCUT2D eigenvalue weighted by atomic mass is 10.5. The standard InChI is InChI=1S/C13H23NO7/c1-14-10-12(15)20-8-6-18-4-2-17-3-5-19-7-9-21-13(16)11-14/h2-11H2,1H3. The first kappa shape index (κ1) is 17.8. The van der Waals surface area contributed by atoms with Crippen molar-refractivity contribution < 1.29 is 33.3 Å². The van der Waals surface area contributed by atoms with Gasteiger partial charge in [0.05, 0.1) is 52.7 Å². The zero-order valence-corrected chi connectivity index (χ0v) is 12.4. The van der Waals surface area contributed by atoms with E-state index in [0.717, 1.165) is 0 Å². The van der Waals surface area contributed by atoms with Crippen LogP contribution in [-0.4, -0.2) is 89.8 Å². The Balaban J connectivity index is 2.30. The SMILES string of the molecule is CN1CC(=O)OCCOCCOCCOCCOC(=O)C1. The van der Waals surface area contributed by atoms with E-state index in [1.54, 1.807) is 7.05 Å². The van der Waals surface area contributed by atoms with Crippen molar-refractivity contribution in [2.24, 2.45) is 0 Å². The van der Waals surface area contributed by atoms with E-state index in [9.17, 15) is 9.59 Å². The van der Waals surface area contributed by atoms with Gasteiger partial charge in [-0.25, -0.2) is 0 Å². The van der Waals surface area contributed by atoms with Gasteiger partial charge in [0, 0.05) is 0 Å². The topological polar surface area (TPSA) is 83.5 Å². The molecular weight excluding hydrogens is 282 g/mol. The Morgan fingerprint density at radius 3 is 1.38 bits per heavy atom. The Morgan fingerprint density at radius 2 is 1.00 bits per heavy atom. The van der Waals surface area contributed by atoms with Crippen LogP contribution >= 0.6 is 0 Å². The van der Waals surface area contributed by atoms with Crippen LogP contribution in [0.15, 0.2) is 0 Å². The van der Waals surface area contributed by atoms with Gasteiger partial charge in [-0.15, -0.1) is 0 Å². The minimum absolute atomic E-state index is 0.0225. The highest BCUT2D eigenvalue weighted by atomic mass is 16.6. The van der Waals surface area contributed by atoms with Crippen molar-refractivity contribution in [2.45, 2.75) is 0 Å². The number of hydrogen-bond donors (Lipinski definition) is 0. The third-order valence-electron chi connectivity index (χ3n) is 2.52. The first-order valence-electron chi connectivity index (χ1n) is 6.91. The van der Waals surface area contributed by atoms with E-state index < -0.39 is 11.9 Å². The summed E-state index contributed by atoms with van der Waals surface area (Å²) in [6, 6.07) is 0. The molecule has 1 heterocycles. The number of carbonyl (C=O) groups is 2. The van der Waals surface area contributed by atoms with Gasteiger partial charge in [0.2, 0.25) is 0 Å². The van der Waals surface area contributed by atoms with Crippen LogP contribution in [-0.2, 0) is 33.3 Å². The number of hydrogen-bond acceptors (Lipinski definition) is 8. The van der Waals surface area contributed by atoms with Crippen molar-refractivity contribution in [3.63, 3.8) is 0 Å². The van der Waals surface area contributed by atoms with Crippen LogP contribution in [0.3, 0.4) is 0 Å². The van der Waals surface area contributed by atoms with Crippen molar-refractivity contribution in [3.8, 4) is 0 Å². The van der Waals surface area contributed by atoms with Crippen LogP contribution in [0.2, 0.25) is 0 Å². The molecule has 0 N–H and O–H groups in total. The van der Waals surface area contributed by atoms with E-state index in [0.29, 0.717) is 39.6 Å². The summed E-state index contributed by atoms with van der Waals surface area (Å²) < 4.78 is 25.7. The monoisotopic (exact) mass is 305 g/mol. The minimum atomic E-state index is -0.408. The highest BCUT2D eigenvalue weighted by molar-refractivity contribution is 5.74. The zero-order valence-electron chi connectivity index (χ0n) is 12.4. The fourth-order valence-electron chi connectivity index (χ4n) is 1.56. The van der Waals surface area contributed by atoms with E-state index in [1.807, 2.05) is 0 Å². The molecule has 1 fully saturated rings. The fourth-order valence-corrected chi connectivity index (χ4v) is 1.56. The molecule has 0 unspecified atom stereocenters. The second-order valence-corrected chi connectivity index (χ2v) is 4.45. The molecule has 1 saturated heterocycles. The maximum atomic E-state index is 11.5. The van der Waals surface area contributed by atoms with Gasteiger partial charge in [-0.3, -0.25) is 14.5 Å². The van der Waals surface area contributed by atoms with E-state index in [4.69, 9.17) is 23.7 Å². The highest BCUT2D eigenvalue weighted by Crippen LogP contribution is 1.91. The van der Waals surface area contributed by atoms with Gasteiger partial charge in [0.25, 0.3) is 0 Å². The Morgan fingerprint density at radius 1 is 0.667 bits per heavy atom. The summed E-state index contributed by atoms with van der Waals surface area (Å²) >= 11 is 0. The van der Waals surface area contributed by atoms with Gasteiger partial charge < -0.3 is 23.7 Å². The molecule has 1 aliphatic rings. The molecule has 0 saturated carbocycles. The van der Waals surface area contributed by atoms with Crippen LogP contribution in [0.1, 0.15) is 0 Å². The van der Waals surface area contributed by atoms with Gasteiger partial charge in [-0.1, -0.05) is 0 Å². The Labute approximate surface area is 124 Å². The average molecular weight is 305 g/mol. The van der Waals surface area contributed by atoms with Crippen LogP contribution in [0.5, 0.6) is 0 Å². The van der Waals surface area contributed by atoms with E-state index in [1.165, 1.54) is 4.90 Å². The number of nitrogens with zero attached hydrogens (tertiary/aromatic N) is 1. The summed E-state index contributed by atoms with van der Waals surface area (Å²) in [5.74, 6) is -0.816. The predicted octanol–water partition coefficient (Wildman–Crippen LogP) is -0.932. The molecule has 1 rings (SSSR count). The number of esters is 2. The number of rotatable bonds is 0. The molecule has 8 nitrogen and oxygen atoms in total. The molecule has 0 spiro atoms. The van der Waals surface area contributed by atoms with Crippen LogP contribution < -0.4 is 0 Å². The first-order valence-corrected chi connectivity index (χ1v) is 6.91. The molecule has 0 amide bonds. The third kappa shape index (κ3) is 10.2. The van der Waals surface area contributed by atoms with Crippen molar-refractivity contribution in [1.29, 1.82) is 0 Å². The summed E-state index contributed by atoms with van der Waals surface area (Å²) in [6.07, 6.45) is 0. The lowest BCUT2D eigenvalue weighted by Crippen LogP contribution is -2.33. The lowest BCUT2D eigenvalue weighted by molar-refractivity contribution is -0.150. The van der Waals surface area contributed by atoms with Gasteiger partial charge in [-0.05, 0) is 7.05 Å². The normalized spacial score (nSPS) is 22.7. The number of ether oxygens (including phenoxy) is 5. The van der Waals surface area contributed by atoms with E-state index >= 15 is 0 Å². The Hall–Kier alpha value is -1.22. The van der Waals surface area contributed by atoms with Crippen LogP contribution in [0, 0.1) is 0 Å². The molecule has 0 aromatic heterocycles. The Bertz CT molecular complexity index is 283. The molecule has 1 aliphatic heterocycles. The summed E-state index contributed by atoms with van der Waals surface area (Å²) in [6.45, 7) is 2.83. The molecule has 122 valence electrons. The van der Waals surface area contributed by atoms with Crippen LogP contribution in [0.25, 0.3) is 0 Å². The van der Waals surface area contributed by atoms with Gasteiger partial charge in [-0.2, -0.15) is 0 Å². The fraction of sp³-hybridized carbons (Fsp3) is 0.846.